The van der Waals surface area contributed by atoms with E-state index < -0.39 is 17.9 Å². The van der Waals surface area contributed by atoms with Gasteiger partial charge in [0.05, 0.1) is 5.52 Å². The number of halogens is 1. The lowest BCUT2D eigenvalue weighted by molar-refractivity contribution is -0.139. The summed E-state index contributed by atoms with van der Waals surface area (Å²) in [4.78, 5) is 36.1. The zero-order chi connectivity index (χ0) is 21.0. The van der Waals surface area contributed by atoms with E-state index in [2.05, 4.69) is 5.32 Å². The molecule has 0 saturated carbocycles. The van der Waals surface area contributed by atoms with Crippen molar-refractivity contribution in [1.82, 2.24) is 9.88 Å². The summed E-state index contributed by atoms with van der Waals surface area (Å²) >= 11 is 5.81. The fourth-order valence-electron chi connectivity index (χ4n) is 3.28. The van der Waals surface area contributed by atoms with Crippen molar-refractivity contribution in [2.75, 3.05) is 0 Å². The number of aromatic nitrogens is 1. The highest BCUT2D eigenvalue weighted by molar-refractivity contribution is 6.30. The number of carbonyl (C=O) groups excluding carboxylic acids is 1. The molecular weight excluding hydrogens is 392 g/mol. The molecule has 0 aliphatic carbocycles. The molecule has 1 amide bonds. The van der Waals surface area contributed by atoms with Gasteiger partial charge in [-0.3, -0.25) is 9.59 Å². The number of hydrogen-bond acceptors (Lipinski definition) is 3. The van der Waals surface area contributed by atoms with E-state index >= 15 is 0 Å². The number of nitrogens with zero attached hydrogens (tertiary/aromatic N) is 1. The number of fused-ring (bicyclic) bond motifs is 1. The number of amides is 1. The lowest BCUT2D eigenvalue weighted by atomic mass is 10.0. The van der Waals surface area contributed by atoms with E-state index in [0.717, 1.165) is 16.5 Å². The number of aliphatic carboxylic acids is 1. The van der Waals surface area contributed by atoms with Gasteiger partial charge < -0.3 is 15.0 Å². The number of hydrogen-bond donors (Lipinski definition) is 2. The highest BCUT2D eigenvalue weighted by atomic mass is 35.5. The number of rotatable bonds is 7. The molecule has 0 fully saturated rings. The molecular formula is C22H21ClN2O4. The topological polar surface area (TPSA) is 88.4 Å². The quantitative estimate of drug-likeness (QED) is 0.622. The number of pyridine rings is 1. The van der Waals surface area contributed by atoms with Crippen LogP contribution in [0.4, 0.5) is 0 Å². The summed E-state index contributed by atoms with van der Waals surface area (Å²) in [5.74, 6) is -1.56. The Hall–Kier alpha value is -3.12. The number of carbonyl (C=O) groups is 2. The maximum Gasteiger partial charge on any atom is 0.326 e. The molecule has 6 nitrogen and oxygen atoms in total. The van der Waals surface area contributed by atoms with Crippen LogP contribution in [0, 0.1) is 0 Å². The number of aryl methyl sites for hydroxylation is 2. The Morgan fingerprint density at radius 2 is 1.83 bits per heavy atom. The van der Waals surface area contributed by atoms with E-state index in [1.165, 1.54) is 0 Å². The van der Waals surface area contributed by atoms with E-state index in [9.17, 15) is 19.5 Å². The summed E-state index contributed by atoms with van der Waals surface area (Å²) in [5.41, 5.74) is 1.94. The van der Waals surface area contributed by atoms with Crippen molar-refractivity contribution >= 4 is 34.4 Å². The molecule has 0 aliphatic heterocycles. The van der Waals surface area contributed by atoms with Gasteiger partial charge in [-0.2, -0.15) is 0 Å². The van der Waals surface area contributed by atoms with Crippen LogP contribution in [0.1, 0.15) is 28.8 Å². The van der Waals surface area contributed by atoms with Crippen LogP contribution >= 0.6 is 11.6 Å². The second-order valence-corrected chi connectivity index (χ2v) is 7.28. The molecule has 0 saturated heterocycles. The van der Waals surface area contributed by atoms with Crippen molar-refractivity contribution in [2.45, 2.75) is 25.3 Å². The van der Waals surface area contributed by atoms with Crippen molar-refractivity contribution in [3.8, 4) is 0 Å². The zero-order valence-electron chi connectivity index (χ0n) is 15.9. The maximum atomic E-state index is 12.3. The smallest absolute Gasteiger partial charge is 0.326 e. The second-order valence-electron chi connectivity index (χ2n) is 6.85. The molecule has 150 valence electrons. The van der Waals surface area contributed by atoms with Crippen LogP contribution in [0.5, 0.6) is 0 Å². The van der Waals surface area contributed by atoms with Gasteiger partial charge in [0.15, 0.2) is 0 Å². The van der Waals surface area contributed by atoms with Crippen LogP contribution in [-0.2, 0) is 18.3 Å². The van der Waals surface area contributed by atoms with E-state index in [0.29, 0.717) is 23.4 Å². The van der Waals surface area contributed by atoms with Crippen LogP contribution in [0.3, 0.4) is 0 Å². The van der Waals surface area contributed by atoms with Gasteiger partial charge in [-0.1, -0.05) is 29.8 Å². The van der Waals surface area contributed by atoms with Gasteiger partial charge in [-0.05, 0) is 55.2 Å². The minimum atomic E-state index is -1.10. The molecule has 2 aromatic carbocycles. The van der Waals surface area contributed by atoms with Crippen molar-refractivity contribution in [1.29, 1.82) is 0 Å². The average Bonchev–Trinajstić information content (AvgIpc) is 2.71. The lowest BCUT2D eigenvalue weighted by Crippen LogP contribution is -2.40. The maximum absolute atomic E-state index is 12.3. The van der Waals surface area contributed by atoms with Crippen LogP contribution < -0.4 is 10.9 Å². The third-order valence-electron chi connectivity index (χ3n) is 4.89. The largest absolute Gasteiger partial charge is 0.480 e. The second kappa shape index (κ2) is 8.92. The lowest BCUT2D eigenvalue weighted by Gasteiger charge is -2.15. The van der Waals surface area contributed by atoms with Crippen molar-refractivity contribution in [2.24, 2.45) is 7.05 Å². The van der Waals surface area contributed by atoms with Gasteiger partial charge >= 0.3 is 5.97 Å². The molecule has 0 radical (unpaired) electrons. The van der Waals surface area contributed by atoms with E-state index in [-0.39, 0.29) is 12.0 Å². The molecule has 7 heteroatoms. The Morgan fingerprint density at radius 3 is 2.52 bits per heavy atom. The molecule has 1 atom stereocenters. The highest BCUT2D eigenvalue weighted by Crippen LogP contribution is 2.18. The summed E-state index contributed by atoms with van der Waals surface area (Å²) < 4.78 is 1.59. The Bertz CT molecular complexity index is 1110. The normalized spacial score (nSPS) is 11.9. The standard InChI is InChI=1S/C22H21ClN2O4/c1-25-19-8-3-2-6-17(19)15(13-20(25)26)5-4-7-18(22(28)29)24-21(27)14-9-11-16(23)12-10-14/h2-3,6,8-13,18H,4-5,7H2,1H3,(H,24,27)(H,28,29). The predicted octanol–water partition coefficient (Wildman–Crippen LogP) is 3.40. The predicted molar refractivity (Wildman–Crippen MR) is 112 cm³/mol. The summed E-state index contributed by atoms with van der Waals surface area (Å²) in [6, 6.07) is 14.4. The van der Waals surface area contributed by atoms with E-state index in [1.54, 1.807) is 41.9 Å². The van der Waals surface area contributed by atoms with Crippen LogP contribution in [0.2, 0.25) is 5.02 Å². The highest BCUT2D eigenvalue weighted by Gasteiger charge is 2.20. The molecule has 0 aliphatic rings. The molecule has 2 N–H and O–H groups in total. The molecule has 1 heterocycles. The number of carboxylic acids is 1. The Morgan fingerprint density at radius 1 is 1.14 bits per heavy atom. The first-order chi connectivity index (χ1) is 13.9. The van der Waals surface area contributed by atoms with Crippen molar-refractivity contribution in [3.63, 3.8) is 0 Å². The number of carboxylic acid groups (broad SMARTS) is 1. The first-order valence-electron chi connectivity index (χ1n) is 9.23. The molecule has 1 unspecified atom stereocenters. The first kappa shape index (κ1) is 20.6. The van der Waals surface area contributed by atoms with Gasteiger partial charge in [0.1, 0.15) is 6.04 Å². The van der Waals surface area contributed by atoms with Crippen LogP contribution in [0.25, 0.3) is 10.9 Å². The van der Waals surface area contributed by atoms with E-state index in [1.807, 2.05) is 24.3 Å². The van der Waals surface area contributed by atoms with Crippen molar-refractivity contribution < 1.29 is 14.7 Å². The Labute approximate surface area is 172 Å². The van der Waals surface area contributed by atoms with Crippen molar-refractivity contribution in [3.05, 3.63) is 81.1 Å². The number of para-hydroxylation sites is 1. The molecule has 3 rings (SSSR count). The zero-order valence-corrected chi connectivity index (χ0v) is 16.6. The fraction of sp³-hybridized carbons (Fsp3) is 0.227. The molecule has 0 bridgehead atoms. The van der Waals surface area contributed by atoms with Gasteiger partial charge in [-0.15, -0.1) is 0 Å². The van der Waals surface area contributed by atoms with Gasteiger partial charge in [0, 0.05) is 29.1 Å². The van der Waals surface area contributed by atoms with Gasteiger partial charge in [0.2, 0.25) is 0 Å². The number of nitrogens with one attached hydrogen (secondary N) is 1. The summed E-state index contributed by atoms with van der Waals surface area (Å²) in [7, 11) is 1.72. The van der Waals surface area contributed by atoms with Gasteiger partial charge in [0.25, 0.3) is 11.5 Å². The third-order valence-corrected chi connectivity index (χ3v) is 5.14. The third kappa shape index (κ3) is 4.84. The van der Waals surface area contributed by atoms with Gasteiger partial charge in [-0.25, -0.2) is 4.79 Å². The molecule has 0 spiro atoms. The minimum Gasteiger partial charge on any atom is -0.480 e. The average molecular weight is 413 g/mol. The Kier molecular flexibility index (Phi) is 6.34. The first-order valence-corrected chi connectivity index (χ1v) is 9.61. The summed E-state index contributed by atoms with van der Waals surface area (Å²) in [6.07, 6.45) is 1.30. The summed E-state index contributed by atoms with van der Waals surface area (Å²) in [6.45, 7) is 0. The van der Waals surface area contributed by atoms with Crippen LogP contribution in [0.15, 0.2) is 59.4 Å². The minimum absolute atomic E-state index is 0.107. The fourth-order valence-corrected chi connectivity index (χ4v) is 3.41. The molecule has 3 aromatic rings. The molecule has 1 aromatic heterocycles. The number of benzene rings is 2. The SMILES string of the molecule is Cn1c(=O)cc(CCCC(NC(=O)c2ccc(Cl)cc2)C(=O)O)c2ccccc21. The molecule has 29 heavy (non-hydrogen) atoms. The Balaban J connectivity index is 1.69. The van der Waals surface area contributed by atoms with Crippen LogP contribution in [-0.4, -0.2) is 27.6 Å². The van der Waals surface area contributed by atoms with E-state index in [4.69, 9.17) is 11.6 Å². The summed E-state index contributed by atoms with van der Waals surface area (Å²) in [5, 5.41) is 13.5. The monoisotopic (exact) mass is 412 g/mol.